The van der Waals surface area contributed by atoms with Crippen molar-refractivity contribution in [1.29, 1.82) is 5.26 Å². The molecule has 3 aromatic rings. The summed E-state index contributed by atoms with van der Waals surface area (Å²) in [6.07, 6.45) is -1.70. The molecule has 0 aliphatic carbocycles. The van der Waals surface area contributed by atoms with Crippen LogP contribution < -0.4 is 15.4 Å². The van der Waals surface area contributed by atoms with Gasteiger partial charge in [-0.25, -0.2) is 9.37 Å². The van der Waals surface area contributed by atoms with Crippen LogP contribution in [0.5, 0.6) is 5.75 Å². The number of piperidine rings is 1. The van der Waals surface area contributed by atoms with Crippen LogP contribution in [0.4, 0.5) is 23.2 Å². The number of aromatic nitrogens is 2. The van der Waals surface area contributed by atoms with Gasteiger partial charge in [-0.3, -0.25) is 9.69 Å². The van der Waals surface area contributed by atoms with E-state index in [0.717, 1.165) is 49.5 Å². The van der Waals surface area contributed by atoms with Gasteiger partial charge >= 0.3 is 6.18 Å². The molecule has 2 fully saturated rings. The molecule has 0 saturated carbocycles. The lowest BCUT2D eigenvalue weighted by Gasteiger charge is -2.39. The Labute approximate surface area is 252 Å². The zero-order chi connectivity index (χ0) is 31.4. The highest BCUT2D eigenvalue weighted by Crippen LogP contribution is 2.28. The molecule has 0 spiro atoms. The molecule has 1 aromatic heterocycles. The molecule has 2 aromatic carbocycles. The van der Waals surface area contributed by atoms with Gasteiger partial charge in [0.25, 0.3) is 5.91 Å². The number of halogens is 4. The second kappa shape index (κ2) is 13.1. The molecule has 9 nitrogen and oxygen atoms in total. The van der Waals surface area contributed by atoms with Gasteiger partial charge in [0.05, 0.1) is 48.9 Å². The topological polar surface area (TPSA) is 104 Å². The number of imidazole rings is 1. The highest BCUT2D eigenvalue weighted by atomic mass is 19.4. The highest BCUT2D eigenvalue weighted by Gasteiger charge is 2.33. The van der Waals surface area contributed by atoms with Crippen LogP contribution in [-0.4, -0.2) is 78.6 Å². The van der Waals surface area contributed by atoms with E-state index in [9.17, 15) is 22.4 Å². The molecular weight excluding hydrogens is 580 g/mol. The molecule has 3 atom stereocenters. The number of anilines is 1. The first-order chi connectivity index (χ1) is 21.1. The highest BCUT2D eigenvalue weighted by molar-refractivity contribution is 6.05. The third-order valence-corrected chi connectivity index (χ3v) is 8.00. The predicted molar refractivity (Wildman–Crippen MR) is 155 cm³/mol. The van der Waals surface area contributed by atoms with Crippen LogP contribution in [0.1, 0.15) is 41.3 Å². The van der Waals surface area contributed by atoms with Crippen LogP contribution in [-0.2, 0) is 11.3 Å². The minimum Gasteiger partial charge on any atom is -0.495 e. The van der Waals surface area contributed by atoms with Crippen LogP contribution in [0.3, 0.4) is 0 Å². The van der Waals surface area contributed by atoms with Crippen LogP contribution in [0, 0.1) is 34.9 Å². The number of nitrogens with one attached hydrogen (secondary N) is 2. The van der Waals surface area contributed by atoms with Crippen LogP contribution in [0.15, 0.2) is 30.6 Å². The molecule has 2 saturated heterocycles. The van der Waals surface area contributed by atoms with Crippen molar-refractivity contribution in [3.05, 3.63) is 53.1 Å². The van der Waals surface area contributed by atoms with Crippen molar-refractivity contribution in [2.45, 2.75) is 44.6 Å². The van der Waals surface area contributed by atoms with E-state index in [1.807, 2.05) is 0 Å². The van der Waals surface area contributed by atoms with E-state index in [4.69, 9.17) is 14.7 Å². The fourth-order valence-corrected chi connectivity index (χ4v) is 5.74. The molecule has 13 heteroatoms. The maximum Gasteiger partial charge on any atom is 0.406 e. The summed E-state index contributed by atoms with van der Waals surface area (Å²) < 4.78 is 65.8. The number of ether oxygens (including phenoxy) is 2. The number of hydrogen-bond donors (Lipinski definition) is 2. The zero-order valence-corrected chi connectivity index (χ0v) is 24.3. The van der Waals surface area contributed by atoms with Gasteiger partial charge in [-0.05, 0) is 30.9 Å². The molecule has 2 N–H and O–H groups in total. The molecule has 5 rings (SSSR count). The number of nitriles is 1. The van der Waals surface area contributed by atoms with Gasteiger partial charge in [0.15, 0.2) is 0 Å². The summed E-state index contributed by atoms with van der Waals surface area (Å²) in [5, 5.41) is 15.0. The molecule has 2 aliphatic heterocycles. The number of benzene rings is 2. The standard InChI is InChI=1S/C31H32F4N6O3/c1-19-15-40(22-6-9-44-16-22)8-5-25(19)39-30(42)23-10-20(11-27-29(23)38-18-41(27)17-31(33,34)35)4-3-7-37-26-13-24(32)21(14-36)12-28(26)43-2/h10-13,18-19,22,25,37H,5-9,15-17H2,1-2H3,(H,39,42)/t19-,22?,25-/m0/s1. The summed E-state index contributed by atoms with van der Waals surface area (Å²) in [4.78, 5) is 20.1. The number of carbonyl (C=O) groups is 1. The Morgan fingerprint density at radius 2 is 2.07 bits per heavy atom. The quantitative estimate of drug-likeness (QED) is 0.303. The number of amides is 1. The number of hydrogen-bond acceptors (Lipinski definition) is 7. The maximum absolute atomic E-state index is 14.1. The van der Waals surface area contributed by atoms with E-state index in [1.54, 1.807) is 6.07 Å². The largest absolute Gasteiger partial charge is 0.495 e. The van der Waals surface area contributed by atoms with Crippen molar-refractivity contribution in [2.75, 3.05) is 45.3 Å². The number of rotatable bonds is 7. The van der Waals surface area contributed by atoms with E-state index in [0.29, 0.717) is 18.2 Å². The minimum atomic E-state index is -4.50. The lowest BCUT2D eigenvalue weighted by Crippen LogP contribution is -2.52. The van der Waals surface area contributed by atoms with Gasteiger partial charge in [-0.1, -0.05) is 18.8 Å². The number of likely N-dealkylation sites (tertiary alicyclic amines) is 1. The van der Waals surface area contributed by atoms with E-state index in [2.05, 4.69) is 39.3 Å². The van der Waals surface area contributed by atoms with E-state index >= 15 is 0 Å². The fourth-order valence-electron chi connectivity index (χ4n) is 5.74. The molecule has 44 heavy (non-hydrogen) atoms. The lowest BCUT2D eigenvalue weighted by molar-refractivity contribution is -0.139. The molecule has 1 unspecified atom stereocenters. The Morgan fingerprint density at radius 1 is 1.25 bits per heavy atom. The Morgan fingerprint density at radius 3 is 2.75 bits per heavy atom. The maximum atomic E-state index is 14.1. The fraction of sp³-hybridized carbons (Fsp3) is 0.452. The molecule has 3 heterocycles. The molecule has 2 aliphatic rings. The van der Waals surface area contributed by atoms with Gasteiger partial charge in [-0.15, -0.1) is 0 Å². The third-order valence-electron chi connectivity index (χ3n) is 8.00. The van der Waals surface area contributed by atoms with Crippen molar-refractivity contribution < 1.29 is 31.8 Å². The predicted octanol–water partition coefficient (Wildman–Crippen LogP) is 4.31. The van der Waals surface area contributed by atoms with Crippen LogP contribution >= 0.6 is 0 Å². The Kier molecular flexibility index (Phi) is 9.28. The van der Waals surface area contributed by atoms with Crippen molar-refractivity contribution >= 4 is 22.6 Å². The third kappa shape index (κ3) is 7.07. The number of alkyl halides is 3. The van der Waals surface area contributed by atoms with Gasteiger partial charge in [-0.2, -0.15) is 18.4 Å². The van der Waals surface area contributed by atoms with E-state index in [1.165, 1.54) is 25.3 Å². The minimum absolute atomic E-state index is 0.0191. The van der Waals surface area contributed by atoms with E-state index in [-0.39, 0.29) is 52.1 Å². The molecular formula is C31H32F4N6O3. The summed E-state index contributed by atoms with van der Waals surface area (Å²) in [6.45, 7) is 3.91. The molecule has 232 valence electrons. The first kappa shape index (κ1) is 31.1. The summed E-state index contributed by atoms with van der Waals surface area (Å²) in [5.74, 6) is 4.99. The van der Waals surface area contributed by atoms with Crippen molar-refractivity contribution in [2.24, 2.45) is 5.92 Å². The lowest BCUT2D eigenvalue weighted by atomic mass is 9.92. The normalized spacial score (nSPS) is 20.5. The number of methoxy groups -OCH3 is 1. The number of carbonyl (C=O) groups excluding carboxylic acids is 1. The zero-order valence-electron chi connectivity index (χ0n) is 24.3. The van der Waals surface area contributed by atoms with Crippen molar-refractivity contribution in [3.63, 3.8) is 0 Å². The van der Waals surface area contributed by atoms with Crippen molar-refractivity contribution in [3.8, 4) is 23.7 Å². The molecule has 1 amide bonds. The first-order valence-corrected chi connectivity index (χ1v) is 14.2. The number of nitrogens with zero attached hydrogens (tertiary/aromatic N) is 4. The summed E-state index contributed by atoms with van der Waals surface area (Å²) in [5.41, 5.74) is 0.841. The van der Waals surface area contributed by atoms with Crippen LogP contribution in [0.25, 0.3) is 11.0 Å². The Hall–Kier alpha value is -4.33. The smallest absolute Gasteiger partial charge is 0.406 e. The second-order valence-electron chi connectivity index (χ2n) is 11.0. The average molecular weight is 613 g/mol. The van der Waals surface area contributed by atoms with E-state index < -0.39 is 24.4 Å². The van der Waals surface area contributed by atoms with Crippen molar-refractivity contribution in [1.82, 2.24) is 19.8 Å². The van der Waals surface area contributed by atoms with Gasteiger partial charge in [0.2, 0.25) is 0 Å². The van der Waals surface area contributed by atoms with Gasteiger partial charge < -0.3 is 24.7 Å². The Bertz CT molecular complexity index is 1630. The average Bonchev–Trinajstić information content (AvgIpc) is 3.66. The Balaban J connectivity index is 1.37. The summed E-state index contributed by atoms with van der Waals surface area (Å²) in [6, 6.07) is 7.38. The van der Waals surface area contributed by atoms with Crippen LogP contribution in [0.2, 0.25) is 0 Å². The summed E-state index contributed by atoms with van der Waals surface area (Å²) in [7, 11) is 1.38. The number of fused-ring (bicyclic) bond motifs is 1. The SMILES string of the molecule is COc1cc(C#N)c(F)cc1NCC#Cc1cc(C(=O)N[C@H]2CCN(C3CCOC3)C[C@@H]2C)c2ncn(CC(F)(F)F)c2c1. The van der Waals surface area contributed by atoms with Gasteiger partial charge in [0, 0.05) is 49.5 Å². The molecule has 0 radical (unpaired) electrons. The van der Waals surface area contributed by atoms with Gasteiger partial charge in [0.1, 0.15) is 29.7 Å². The monoisotopic (exact) mass is 612 g/mol. The summed E-state index contributed by atoms with van der Waals surface area (Å²) >= 11 is 0. The first-order valence-electron chi connectivity index (χ1n) is 14.2. The molecule has 0 bridgehead atoms. The second-order valence-corrected chi connectivity index (χ2v) is 11.0.